The van der Waals surface area contributed by atoms with Gasteiger partial charge in [0.15, 0.2) is 5.76 Å². The molecule has 0 aliphatic carbocycles. The summed E-state index contributed by atoms with van der Waals surface area (Å²) in [5, 5.41) is 17.0. The van der Waals surface area contributed by atoms with Crippen molar-refractivity contribution in [3.05, 3.63) is 87.0 Å². The number of carbonyl (C=O) groups excluding carboxylic acids is 1. The molecule has 0 saturated heterocycles. The smallest absolute Gasteiger partial charge is 0.307 e. The van der Waals surface area contributed by atoms with Gasteiger partial charge in [0.2, 0.25) is 0 Å². The van der Waals surface area contributed by atoms with Gasteiger partial charge in [0, 0.05) is 16.8 Å². The van der Waals surface area contributed by atoms with Gasteiger partial charge in [0.05, 0.1) is 23.0 Å². The Balaban J connectivity index is 1.59. The van der Waals surface area contributed by atoms with E-state index < -0.39 is 11.9 Å². The van der Waals surface area contributed by atoms with Crippen molar-refractivity contribution in [3.63, 3.8) is 0 Å². The first-order chi connectivity index (χ1) is 17.3. The summed E-state index contributed by atoms with van der Waals surface area (Å²) < 4.78 is 11.1. The molecule has 0 spiro atoms. The van der Waals surface area contributed by atoms with E-state index in [2.05, 4.69) is 15.5 Å². The summed E-state index contributed by atoms with van der Waals surface area (Å²) in [6.07, 6.45) is 1.37. The number of carbonyl (C=O) groups is 2. The lowest BCUT2D eigenvalue weighted by Crippen LogP contribution is -2.28. The van der Waals surface area contributed by atoms with Crippen molar-refractivity contribution in [2.24, 2.45) is 0 Å². The van der Waals surface area contributed by atoms with Crippen molar-refractivity contribution >= 4 is 46.7 Å². The summed E-state index contributed by atoms with van der Waals surface area (Å²) in [4.78, 5) is 28.6. The molecular formula is C25H18Cl3N3O5. The normalized spacial score (nSPS) is 10.8. The monoisotopic (exact) mass is 545 g/mol. The topological polar surface area (TPSA) is 115 Å². The van der Waals surface area contributed by atoms with E-state index in [1.807, 2.05) is 0 Å². The van der Waals surface area contributed by atoms with Gasteiger partial charge in [0.25, 0.3) is 5.91 Å². The van der Waals surface area contributed by atoms with Crippen LogP contribution < -0.4 is 10.1 Å². The van der Waals surface area contributed by atoms with Crippen molar-refractivity contribution in [1.29, 1.82) is 0 Å². The van der Waals surface area contributed by atoms with E-state index in [-0.39, 0.29) is 41.6 Å². The van der Waals surface area contributed by atoms with E-state index in [9.17, 15) is 9.59 Å². The number of halogens is 3. The van der Waals surface area contributed by atoms with Crippen LogP contribution in [0.5, 0.6) is 5.75 Å². The maximum Gasteiger partial charge on any atom is 0.307 e. The lowest BCUT2D eigenvalue weighted by Gasteiger charge is -2.10. The minimum Gasteiger partial charge on any atom is -0.490 e. The zero-order valence-corrected chi connectivity index (χ0v) is 20.8. The van der Waals surface area contributed by atoms with E-state index >= 15 is 0 Å². The van der Waals surface area contributed by atoms with Crippen molar-refractivity contribution < 1.29 is 24.0 Å². The van der Waals surface area contributed by atoms with Crippen LogP contribution in [-0.4, -0.2) is 40.3 Å². The Morgan fingerprint density at radius 1 is 1.03 bits per heavy atom. The Labute approximate surface area is 220 Å². The number of ether oxygens (including phenoxy) is 1. The zero-order chi connectivity index (χ0) is 25.7. The number of aliphatic carboxylic acids is 1. The molecule has 2 aromatic heterocycles. The van der Waals surface area contributed by atoms with Crippen LogP contribution in [-0.2, 0) is 11.2 Å². The van der Waals surface area contributed by atoms with E-state index in [0.29, 0.717) is 32.6 Å². The molecule has 8 nitrogen and oxygen atoms in total. The van der Waals surface area contributed by atoms with E-state index in [1.165, 1.54) is 6.07 Å². The molecule has 0 saturated carbocycles. The molecule has 1 amide bonds. The predicted octanol–water partition coefficient (Wildman–Crippen LogP) is 5.80. The molecule has 11 heteroatoms. The Hall–Kier alpha value is -3.59. The first-order valence-corrected chi connectivity index (χ1v) is 11.7. The molecular weight excluding hydrogens is 529 g/mol. The summed E-state index contributed by atoms with van der Waals surface area (Å²) in [5.74, 6) is -0.873. The molecule has 2 aromatic carbocycles. The van der Waals surface area contributed by atoms with Crippen molar-refractivity contribution in [2.75, 3.05) is 13.2 Å². The van der Waals surface area contributed by atoms with Crippen LogP contribution in [0.1, 0.15) is 15.9 Å². The second kappa shape index (κ2) is 11.4. The average molecular weight is 547 g/mol. The van der Waals surface area contributed by atoms with Gasteiger partial charge in [-0.25, -0.2) is 0 Å². The Kier molecular flexibility index (Phi) is 8.10. The number of carboxylic acid groups (broad SMARTS) is 1. The van der Waals surface area contributed by atoms with Gasteiger partial charge in [-0.1, -0.05) is 58.2 Å². The second-order valence-corrected chi connectivity index (χ2v) is 8.76. The molecule has 0 bridgehead atoms. The first-order valence-electron chi connectivity index (χ1n) is 10.6. The highest BCUT2D eigenvalue weighted by Gasteiger charge is 2.27. The number of nitrogens with one attached hydrogen (secondary N) is 1. The van der Waals surface area contributed by atoms with Crippen LogP contribution in [0.4, 0.5) is 0 Å². The number of rotatable bonds is 9. The summed E-state index contributed by atoms with van der Waals surface area (Å²) >= 11 is 18.4. The third-order valence-corrected chi connectivity index (χ3v) is 5.84. The quantitative estimate of drug-likeness (QED) is 0.255. The Morgan fingerprint density at radius 2 is 1.86 bits per heavy atom. The van der Waals surface area contributed by atoms with Crippen LogP contribution in [0.3, 0.4) is 0 Å². The molecule has 36 heavy (non-hydrogen) atoms. The lowest BCUT2D eigenvalue weighted by molar-refractivity contribution is -0.136. The lowest BCUT2D eigenvalue weighted by atomic mass is 10.0. The maximum absolute atomic E-state index is 13.3. The van der Waals surface area contributed by atoms with Gasteiger partial charge in [-0.15, -0.1) is 0 Å². The minimum absolute atomic E-state index is 0.131. The number of pyridine rings is 1. The molecule has 2 N–H and O–H groups in total. The molecule has 2 heterocycles. The first kappa shape index (κ1) is 25.5. The highest BCUT2D eigenvalue weighted by molar-refractivity contribution is 6.35. The van der Waals surface area contributed by atoms with Gasteiger partial charge >= 0.3 is 5.97 Å². The van der Waals surface area contributed by atoms with Gasteiger partial charge in [-0.05, 0) is 42.0 Å². The SMILES string of the molecule is O=C(O)Cc1ccc(-c2noc(-c3ccccn3)c2C(=O)NCCOc2ccc(Cl)cc2Cl)c(Cl)c1. The minimum atomic E-state index is -0.986. The molecule has 4 rings (SSSR count). The number of nitrogens with zero attached hydrogens (tertiary/aromatic N) is 2. The second-order valence-electron chi connectivity index (χ2n) is 7.51. The summed E-state index contributed by atoms with van der Waals surface area (Å²) in [6, 6.07) is 14.7. The van der Waals surface area contributed by atoms with Crippen LogP contribution in [0, 0.1) is 0 Å². The van der Waals surface area contributed by atoms with Gasteiger partial charge < -0.3 is 19.7 Å². The largest absolute Gasteiger partial charge is 0.490 e. The van der Waals surface area contributed by atoms with Gasteiger partial charge in [0.1, 0.15) is 29.3 Å². The molecule has 0 unspecified atom stereocenters. The van der Waals surface area contributed by atoms with E-state index in [0.717, 1.165) is 0 Å². The maximum atomic E-state index is 13.3. The zero-order valence-electron chi connectivity index (χ0n) is 18.5. The average Bonchev–Trinajstić information content (AvgIpc) is 3.28. The third-order valence-electron chi connectivity index (χ3n) is 5.00. The van der Waals surface area contributed by atoms with Gasteiger partial charge in [-0.2, -0.15) is 0 Å². The highest BCUT2D eigenvalue weighted by Crippen LogP contribution is 2.35. The summed E-state index contributed by atoms with van der Waals surface area (Å²) in [5.41, 5.74) is 1.65. The molecule has 0 aliphatic heterocycles. The van der Waals surface area contributed by atoms with Crippen molar-refractivity contribution in [1.82, 2.24) is 15.5 Å². The van der Waals surface area contributed by atoms with Gasteiger partial charge in [-0.3, -0.25) is 14.6 Å². The van der Waals surface area contributed by atoms with E-state index in [4.69, 9.17) is 49.2 Å². The fraction of sp³-hybridized carbons (Fsp3) is 0.120. The fourth-order valence-corrected chi connectivity index (χ4v) is 4.15. The van der Waals surface area contributed by atoms with Crippen LogP contribution in [0.15, 0.2) is 65.3 Å². The number of carboxylic acids is 1. The summed E-state index contributed by atoms with van der Waals surface area (Å²) in [6.45, 7) is 0.284. The number of hydrogen-bond donors (Lipinski definition) is 2. The molecule has 0 atom stereocenters. The van der Waals surface area contributed by atoms with Crippen LogP contribution in [0.2, 0.25) is 15.1 Å². The number of aromatic nitrogens is 2. The Morgan fingerprint density at radius 3 is 2.56 bits per heavy atom. The van der Waals surface area contributed by atoms with Crippen LogP contribution >= 0.6 is 34.8 Å². The highest BCUT2D eigenvalue weighted by atomic mass is 35.5. The molecule has 4 aromatic rings. The van der Waals surface area contributed by atoms with Crippen LogP contribution in [0.25, 0.3) is 22.7 Å². The Bertz CT molecular complexity index is 1410. The van der Waals surface area contributed by atoms with E-state index in [1.54, 1.807) is 54.7 Å². The third kappa shape index (κ3) is 5.96. The summed E-state index contributed by atoms with van der Waals surface area (Å²) in [7, 11) is 0. The molecule has 0 radical (unpaired) electrons. The fourth-order valence-electron chi connectivity index (χ4n) is 3.40. The number of amides is 1. The predicted molar refractivity (Wildman–Crippen MR) is 136 cm³/mol. The van der Waals surface area contributed by atoms with Crippen molar-refractivity contribution in [2.45, 2.75) is 6.42 Å². The number of hydrogen-bond acceptors (Lipinski definition) is 6. The molecule has 0 aliphatic rings. The molecule has 0 fully saturated rings. The van der Waals surface area contributed by atoms with Crippen molar-refractivity contribution in [3.8, 4) is 28.5 Å². The number of benzene rings is 2. The molecule has 184 valence electrons. The standard InChI is InChI=1S/C25H18Cl3N3O5/c26-15-5-7-20(18(28)13-15)35-10-9-30-25(34)22-23(31-36-24(22)19-3-1-2-8-29-19)16-6-4-14(11-17(16)27)12-21(32)33/h1-8,11,13H,9-10,12H2,(H,30,34)(H,32,33).